The van der Waals surface area contributed by atoms with E-state index in [-0.39, 0.29) is 5.78 Å². The number of fused-ring (bicyclic) bond motifs is 1. The Morgan fingerprint density at radius 1 is 1.19 bits per heavy atom. The molecule has 0 aliphatic rings. The molecular formula is C17H18N2O2. The minimum atomic E-state index is 0.0608. The predicted octanol–water partition coefficient (Wildman–Crippen LogP) is 3.52. The van der Waals surface area contributed by atoms with Crippen LogP contribution >= 0.6 is 0 Å². The van der Waals surface area contributed by atoms with E-state index in [0.29, 0.717) is 17.7 Å². The second kappa shape index (κ2) is 4.88. The van der Waals surface area contributed by atoms with E-state index in [1.807, 2.05) is 56.8 Å². The van der Waals surface area contributed by atoms with Crippen LogP contribution in [0.1, 0.15) is 33.1 Å². The van der Waals surface area contributed by atoms with Gasteiger partial charge in [-0.15, -0.1) is 0 Å². The molecule has 0 aliphatic carbocycles. The fourth-order valence-electron chi connectivity index (χ4n) is 2.86. The van der Waals surface area contributed by atoms with E-state index in [4.69, 9.17) is 4.42 Å². The fraction of sp³-hybridized carbons (Fsp3) is 0.294. The number of rotatable bonds is 3. The highest BCUT2D eigenvalue weighted by Crippen LogP contribution is 2.24. The molecule has 0 unspecified atom stereocenters. The number of para-hydroxylation sites is 1. The molecule has 0 saturated heterocycles. The van der Waals surface area contributed by atoms with Gasteiger partial charge in [0.1, 0.15) is 11.5 Å². The zero-order valence-electron chi connectivity index (χ0n) is 12.7. The summed E-state index contributed by atoms with van der Waals surface area (Å²) in [5.74, 6) is 1.56. The molecule has 2 aromatic heterocycles. The summed E-state index contributed by atoms with van der Waals surface area (Å²) >= 11 is 0. The van der Waals surface area contributed by atoms with Gasteiger partial charge in [0.05, 0.1) is 23.2 Å². The number of nitrogens with zero attached hydrogens (tertiary/aromatic N) is 2. The Morgan fingerprint density at radius 2 is 1.90 bits per heavy atom. The van der Waals surface area contributed by atoms with Crippen LogP contribution in [0.4, 0.5) is 0 Å². The Balaban J connectivity index is 2.01. The number of benzene rings is 1. The number of ketones is 1. The summed E-state index contributed by atoms with van der Waals surface area (Å²) in [6.07, 6.45) is 0.294. The summed E-state index contributed by atoms with van der Waals surface area (Å²) in [6, 6.07) is 7.96. The number of aromatic nitrogens is 2. The van der Waals surface area contributed by atoms with E-state index >= 15 is 0 Å². The van der Waals surface area contributed by atoms with Crippen molar-refractivity contribution in [3.8, 4) is 0 Å². The first-order valence-electron chi connectivity index (χ1n) is 6.99. The summed E-state index contributed by atoms with van der Waals surface area (Å²) in [4.78, 5) is 12.6. The van der Waals surface area contributed by atoms with E-state index < -0.39 is 0 Å². The Bertz CT molecular complexity index is 840. The monoisotopic (exact) mass is 282 g/mol. The van der Waals surface area contributed by atoms with Gasteiger partial charge < -0.3 is 4.42 Å². The molecule has 4 nitrogen and oxygen atoms in total. The van der Waals surface area contributed by atoms with Gasteiger partial charge in [-0.2, -0.15) is 5.10 Å². The van der Waals surface area contributed by atoms with Crippen LogP contribution in [0.15, 0.2) is 28.7 Å². The maximum absolute atomic E-state index is 12.6. The van der Waals surface area contributed by atoms with Gasteiger partial charge in [-0.25, -0.2) is 0 Å². The molecule has 3 rings (SSSR count). The molecular weight excluding hydrogens is 264 g/mol. The summed E-state index contributed by atoms with van der Waals surface area (Å²) in [6.45, 7) is 5.65. The first kappa shape index (κ1) is 13.6. The number of furan rings is 1. The Kier molecular flexibility index (Phi) is 3.16. The lowest BCUT2D eigenvalue weighted by atomic mass is 10.0. The number of aryl methyl sites for hydroxylation is 3. The van der Waals surface area contributed by atoms with Crippen molar-refractivity contribution in [2.45, 2.75) is 27.2 Å². The minimum absolute atomic E-state index is 0.0608. The Hall–Kier alpha value is -2.36. The third-order valence-corrected chi connectivity index (χ3v) is 4.00. The molecule has 1 aromatic carbocycles. The van der Waals surface area contributed by atoms with Gasteiger partial charge in [-0.05, 0) is 26.8 Å². The van der Waals surface area contributed by atoms with Crippen molar-refractivity contribution >= 4 is 16.7 Å². The van der Waals surface area contributed by atoms with Crippen molar-refractivity contribution in [3.63, 3.8) is 0 Å². The maximum atomic E-state index is 12.6. The van der Waals surface area contributed by atoms with Gasteiger partial charge in [-0.1, -0.05) is 18.2 Å². The van der Waals surface area contributed by atoms with Crippen molar-refractivity contribution in [3.05, 3.63) is 52.6 Å². The zero-order valence-corrected chi connectivity index (χ0v) is 12.7. The topological polar surface area (TPSA) is 48.0 Å². The van der Waals surface area contributed by atoms with Crippen LogP contribution in [0.25, 0.3) is 10.9 Å². The highest BCUT2D eigenvalue weighted by atomic mass is 16.3. The molecule has 3 aromatic rings. The minimum Gasteiger partial charge on any atom is -0.466 e. The van der Waals surface area contributed by atoms with E-state index in [9.17, 15) is 4.79 Å². The number of hydrogen-bond acceptors (Lipinski definition) is 3. The quantitative estimate of drug-likeness (QED) is 0.691. The van der Waals surface area contributed by atoms with Crippen LogP contribution in [0.3, 0.4) is 0 Å². The number of hydrogen-bond donors (Lipinski definition) is 0. The lowest BCUT2D eigenvalue weighted by Crippen LogP contribution is -2.07. The average molecular weight is 282 g/mol. The van der Waals surface area contributed by atoms with Crippen molar-refractivity contribution in [1.29, 1.82) is 0 Å². The molecule has 0 spiro atoms. The first-order valence-corrected chi connectivity index (χ1v) is 6.99. The molecule has 2 heterocycles. The Morgan fingerprint density at radius 3 is 2.57 bits per heavy atom. The highest BCUT2D eigenvalue weighted by molar-refractivity contribution is 6.01. The van der Waals surface area contributed by atoms with E-state index in [2.05, 4.69) is 5.10 Å². The lowest BCUT2D eigenvalue weighted by molar-refractivity contribution is 0.0990. The number of Topliss-reactive ketones (excluding diaryl/α,β-unsaturated/α-hetero) is 1. The van der Waals surface area contributed by atoms with Gasteiger partial charge in [0, 0.05) is 18.0 Å². The lowest BCUT2D eigenvalue weighted by Gasteiger charge is -1.99. The van der Waals surface area contributed by atoms with E-state index in [1.54, 1.807) is 0 Å². The van der Waals surface area contributed by atoms with Crippen molar-refractivity contribution in [1.82, 2.24) is 9.78 Å². The van der Waals surface area contributed by atoms with Crippen molar-refractivity contribution in [2.24, 2.45) is 7.05 Å². The normalized spacial score (nSPS) is 11.2. The maximum Gasteiger partial charge on any atom is 0.172 e. The summed E-state index contributed by atoms with van der Waals surface area (Å²) in [5.41, 5.74) is 3.48. The third-order valence-electron chi connectivity index (χ3n) is 4.00. The number of carbonyl (C=O) groups excluding carboxylic acids is 1. The molecule has 21 heavy (non-hydrogen) atoms. The van der Waals surface area contributed by atoms with Crippen LogP contribution in [0, 0.1) is 20.8 Å². The molecule has 0 atom stereocenters. The third kappa shape index (κ3) is 2.17. The van der Waals surface area contributed by atoms with Crippen LogP contribution in [0.2, 0.25) is 0 Å². The van der Waals surface area contributed by atoms with Crippen LogP contribution < -0.4 is 0 Å². The van der Waals surface area contributed by atoms with Crippen LogP contribution in [0.5, 0.6) is 0 Å². The average Bonchev–Trinajstić information content (AvgIpc) is 2.89. The van der Waals surface area contributed by atoms with Crippen LogP contribution in [-0.4, -0.2) is 15.6 Å². The highest BCUT2D eigenvalue weighted by Gasteiger charge is 2.20. The Labute approximate surface area is 123 Å². The number of carbonyl (C=O) groups is 1. The smallest absolute Gasteiger partial charge is 0.172 e. The zero-order chi connectivity index (χ0) is 15.1. The van der Waals surface area contributed by atoms with Gasteiger partial charge in [-0.3, -0.25) is 9.48 Å². The molecule has 4 heteroatoms. The fourth-order valence-corrected chi connectivity index (χ4v) is 2.86. The van der Waals surface area contributed by atoms with Crippen molar-refractivity contribution in [2.75, 3.05) is 0 Å². The summed E-state index contributed by atoms with van der Waals surface area (Å²) in [7, 11) is 1.90. The molecule has 0 fully saturated rings. The molecule has 0 bridgehead atoms. The molecule has 0 N–H and O–H groups in total. The molecule has 0 saturated carbocycles. The van der Waals surface area contributed by atoms with Gasteiger partial charge in [0.25, 0.3) is 0 Å². The van der Waals surface area contributed by atoms with E-state index in [0.717, 1.165) is 27.9 Å². The molecule has 0 radical (unpaired) electrons. The standard InChI is InChI=1S/C17H18N2O2/c1-10-11(2)21-12(3)17(10)16(20)9-14-13-7-5-6-8-15(13)19(4)18-14/h5-8H,9H2,1-4H3. The van der Waals surface area contributed by atoms with Gasteiger partial charge in [0.2, 0.25) is 0 Å². The van der Waals surface area contributed by atoms with Gasteiger partial charge in [0.15, 0.2) is 5.78 Å². The summed E-state index contributed by atoms with van der Waals surface area (Å²) < 4.78 is 7.37. The second-order valence-electron chi connectivity index (χ2n) is 5.40. The molecule has 0 aliphatic heterocycles. The molecule has 0 amide bonds. The first-order chi connectivity index (χ1) is 9.99. The molecule has 108 valence electrons. The second-order valence-corrected chi connectivity index (χ2v) is 5.40. The van der Waals surface area contributed by atoms with Crippen molar-refractivity contribution < 1.29 is 9.21 Å². The largest absolute Gasteiger partial charge is 0.466 e. The van der Waals surface area contributed by atoms with Gasteiger partial charge >= 0.3 is 0 Å². The van der Waals surface area contributed by atoms with Crippen LogP contribution in [-0.2, 0) is 13.5 Å². The predicted molar refractivity (Wildman–Crippen MR) is 81.7 cm³/mol. The SMILES string of the molecule is Cc1oc(C)c(C(=O)Cc2nn(C)c3ccccc23)c1C. The summed E-state index contributed by atoms with van der Waals surface area (Å²) in [5, 5.41) is 5.52. The van der Waals surface area contributed by atoms with E-state index in [1.165, 1.54) is 0 Å².